The van der Waals surface area contributed by atoms with E-state index in [0.717, 1.165) is 16.1 Å². The monoisotopic (exact) mass is 258 g/mol. The Bertz CT molecular complexity index is 539. The normalized spacial score (nSPS) is 11.2. The first-order chi connectivity index (χ1) is 7.77. The van der Waals surface area contributed by atoms with Crippen molar-refractivity contribution in [3.8, 4) is 0 Å². The Morgan fingerprint density at radius 2 is 2.00 bits per heavy atom. The molecule has 0 aliphatic heterocycles. The fourth-order valence-corrected chi connectivity index (χ4v) is 1.88. The number of hydrogen-bond acceptors (Lipinski definition) is 4. The maximum Gasteiger partial charge on any atom is 0.293 e. The minimum absolute atomic E-state index is 0.0943. The SMILES string of the molecule is CCc1ccc([N+](=O)[O-])c(N(C)S(C)(=O)=O)c1. The molecule has 0 aromatic heterocycles. The quantitative estimate of drug-likeness (QED) is 0.606. The molecule has 0 aliphatic rings. The number of hydrogen-bond donors (Lipinski definition) is 0. The lowest BCUT2D eigenvalue weighted by Crippen LogP contribution is -2.25. The van der Waals surface area contributed by atoms with Gasteiger partial charge in [-0.15, -0.1) is 0 Å². The van der Waals surface area contributed by atoms with Crippen molar-refractivity contribution in [1.29, 1.82) is 0 Å². The zero-order chi connectivity index (χ0) is 13.2. The van der Waals surface area contributed by atoms with Crippen molar-refractivity contribution in [3.63, 3.8) is 0 Å². The van der Waals surface area contributed by atoms with Crippen molar-refractivity contribution in [2.45, 2.75) is 13.3 Å². The van der Waals surface area contributed by atoms with Crippen LogP contribution in [0.4, 0.5) is 11.4 Å². The van der Waals surface area contributed by atoms with Gasteiger partial charge in [-0.05, 0) is 18.1 Å². The van der Waals surface area contributed by atoms with Gasteiger partial charge in [-0.1, -0.05) is 13.0 Å². The number of nitrogens with zero attached hydrogens (tertiary/aromatic N) is 2. The number of sulfonamides is 1. The molecule has 0 atom stereocenters. The van der Waals surface area contributed by atoms with Crippen LogP contribution in [0.15, 0.2) is 18.2 Å². The van der Waals surface area contributed by atoms with Gasteiger partial charge in [0.1, 0.15) is 5.69 Å². The highest BCUT2D eigenvalue weighted by atomic mass is 32.2. The zero-order valence-corrected chi connectivity index (χ0v) is 10.7. The standard InChI is InChI=1S/C10H14N2O4S/c1-4-8-5-6-9(12(13)14)10(7-8)11(2)17(3,15)16/h5-7H,4H2,1-3H3. The molecule has 1 rings (SSSR count). The lowest BCUT2D eigenvalue weighted by molar-refractivity contribution is -0.384. The maximum atomic E-state index is 11.4. The number of benzene rings is 1. The highest BCUT2D eigenvalue weighted by Gasteiger charge is 2.22. The fourth-order valence-electron chi connectivity index (χ4n) is 1.37. The van der Waals surface area contributed by atoms with Gasteiger partial charge in [-0.2, -0.15) is 0 Å². The molecule has 0 saturated heterocycles. The predicted molar refractivity (Wildman–Crippen MR) is 65.7 cm³/mol. The minimum atomic E-state index is -3.51. The summed E-state index contributed by atoms with van der Waals surface area (Å²) in [5.74, 6) is 0. The molecule has 1 aromatic carbocycles. The van der Waals surface area contributed by atoms with E-state index in [1.54, 1.807) is 6.07 Å². The summed E-state index contributed by atoms with van der Waals surface area (Å²) in [6, 6.07) is 4.48. The first-order valence-corrected chi connectivity index (χ1v) is 6.83. The first-order valence-electron chi connectivity index (χ1n) is 4.98. The van der Waals surface area contributed by atoms with Crippen LogP contribution in [0.2, 0.25) is 0 Å². The van der Waals surface area contributed by atoms with E-state index < -0.39 is 14.9 Å². The van der Waals surface area contributed by atoms with E-state index >= 15 is 0 Å². The molecule has 0 spiro atoms. The van der Waals surface area contributed by atoms with E-state index in [1.807, 2.05) is 6.92 Å². The molecule has 0 N–H and O–H groups in total. The van der Waals surface area contributed by atoms with Crippen molar-refractivity contribution in [1.82, 2.24) is 0 Å². The number of nitro benzene ring substituents is 1. The Kier molecular flexibility index (Phi) is 3.72. The van der Waals surface area contributed by atoms with Crippen molar-refractivity contribution in [3.05, 3.63) is 33.9 Å². The van der Waals surface area contributed by atoms with Gasteiger partial charge >= 0.3 is 0 Å². The molecule has 7 heteroatoms. The number of aryl methyl sites for hydroxylation is 1. The smallest absolute Gasteiger partial charge is 0.267 e. The Morgan fingerprint density at radius 1 is 1.41 bits per heavy atom. The van der Waals surface area contributed by atoms with Crippen LogP contribution in [-0.4, -0.2) is 26.6 Å². The van der Waals surface area contributed by atoms with Crippen LogP contribution >= 0.6 is 0 Å². The summed E-state index contributed by atoms with van der Waals surface area (Å²) < 4.78 is 23.7. The van der Waals surface area contributed by atoms with Gasteiger partial charge in [0.2, 0.25) is 10.0 Å². The van der Waals surface area contributed by atoms with Gasteiger partial charge in [0.25, 0.3) is 5.69 Å². The lowest BCUT2D eigenvalue weighted by Gasteiger charge is -2.17. The van der Waals surface area contributed by atoms with Crippen LogP contribution in [0.25, 0.3) is 0 Å². The van der Waals surface area contributed by atoms with Gasteiger partial charge in [0.15, 0.2) is 0 Å². The molecule has 0 fully saturated rings. The average molecular weight is 258 g/mol. The second-order valence-electron chi connectivity index (χ2n) is 3.66. The Hall–Kier alpha value is -1.63. The first kappa shape index (κ1) is 13.4. The molecule has 94 valence electrons. The Labute approximate surface area is 100 Å². The molecule has 0 unspecified atom stereocenters. The van der Waals surface area contributed by atoms with Gasteiger partial charge in [-0.3, -0.25) is 14.4 Å². The summed E-state index contributed by atoms with van der Waals surface area (Å²) in [6.07, 6.45) is 1.69. The van der Waals surface area contributed by atoms with Crippen molar-refractivity contribution < 1.29 is 13.3 Å². The van der Waals surface area contributed by atoms with Crippen LogP contribution in [0, 0.1) is 10.1 Å². The van der Waals surface area contributed by atoms with Gasteiger partial charge < -0.3 is 0 Å². The third-order valence-electron chi connectivity index (χ3n) is 2.48. The van der Waals surface area contributed by atoms with Crippen LogP contribution in [-0.2, 0) is 16.4 Å². The Morgan fingerprint density at radius 3 is 2.41 bits per heavy atom. The largest absolute Gasteiger partial charge is 0.293 e. The van der Waals surface area contributed by atoms with Crippen molar-refractivity contribution >= 4 is 21.4 Å². The van der Waals surface area contributed by atoms with Crippen LogP contribution in [0.3, 0.4) is 0 Å². The highest BCUT2D eigenvalue weighted by Crippen LogP contribution is 2.29. The lowest BCUT2D eigenvalue weighted by atomic mass is 10.1. The summed E-state index contributed by atoms with van der Waals surface area (Å²) in [5, 5.41) is 10.8. The molecular formula is C10H14N2O4S. The number of nitro groups is 1. The van der Waals surface area contributed by atoms with Crippen molar-refractivity contribution in [2.24, 2.45) is 0 Å². The summed E-state index contributed by atoms with van der Waals surface area (Å²) in [4.78, 5) is 10.3. The van der Waals surface area contributed by atoms with E-state index in [2.05, 4.69) is 0 Å². The highest BCUT2D eigenvalue weighted by molar-refractivity contribution is 7.92. The molecular weight excluding hydrogens is 244 g/mol. The second-order valence-corrected chi connectivity index (χ2v) is 5.68. The molecule has 6 nitrogen and oxygen atoms in total. The summed E-state index contributed by atoms with van der Waals surface area (Å²) in [7, 11) is -2.21. The molecule has 0 heterocycles. The molecule has 0 aliphatic carbocycles. The van der Waals surface area contributed by atoms with Crippen molar-refractivity contribution in [2.75, 3.05) is 17.6 Å². The average Bonchev–Trinajstić information content (AvgIpc) is 2.25. The molecule has 1 aromatic rings. The third kappa shape index (κ3) is 2.94. The van der Waals surface area contributed by atoms with E-state index in [-0.39, 0.29) is 11.4 Å². The summed E-state index contributed by atoms with van der Waals surface area (Å²) in [6.45, 7) is 1.89. The fraction of sp³-hybridized carbons (Fsp3) is 0.400. The molecule has 0 bridgehead atoms. The van der Waals surface area contributed by atoms with E-state index in [4.69, 9.17) is 0 Å². The molecule has 0 saturated carbocycles. The molecule has 0 amide bonds. The van der Waals surface area contributed by atoms with Crippen LogP contribution in [0.5, 0.6) is 0 Å². The van der Waals surface area contributed by atoms with Gasteiger partial charge in [0, 0.05) is 13.1 Å². The summed E-state index contributed by atoms with van der Waals surface area (Å²) in [5.41, 5.74) is 0.730. The topological polar surface area (TPSA) is 80.5 Å². The van der Waals surface area contributed by atoms with E-state index in [1.165, 1.54) is 19.2 Å². The minimum Gasteiger partial charge on any atom is -0.267 e. The van der Waals surface area contributed by atoms with Gasteiger partial charge in [-0.25, -0.2) is 8.42 Å². The molecule has 17 heavy (non-hydrogen) atoms. The molecule has 0 radical (unpaired) electrons. The Balaban J connectivity index is 3.42. The van der Waals surface area contributed by atoms with Crippen LogP contribution < -0.4 is 4.31 Å². The predicted octanol–water partition coefficient (Wildman–Crippen LogP) is 1.55. The third-order valence-corrected chi connectivity index (χ3v) is 3.67. The number of rotatable bonds is 4. The summed E-state index contributed by atoms with van der Waals surface area (Å²) >= 11 is 0. The maximum absolute atomic E-state index is 11.4. The van der Waals surface area contributed by atoms with E-state index in [9.17, 15) is 18.5 Å². The zero-order valence-electron chi connectivity index (χ0n) is 9.87. The second kappa shape index (κ2) is 4.70. The van der Waals surface area contributed by atoms with E-state index in [0.29, 0.717) is 6.42 Å². The van der Waals surface area contributed by atoms with Gasteiger partial charge in [0.05, 0.1) is 11.2 Å². The van der Waals surface area contributed by atoms with Crippen LogP contribution in [0.1, 0.15) is 12.5 Å². The number of anilines is 1.